The van der Waals surface area contributed by atoms with E-state index in [1.807, 2.05) is 35.2 Å². The molecule has 0 aromatic heterocycles. The van der Waals surface area contributed by atoms with E-state index >= 15 is 0 Å². The number of alkyl halides is 3. The quantitative estimate of drug-likeness (QED) is 0.799. The Balaban J connectivity index is 2.05. The number of rotatable bonds is 4. The molecular weight excluding hydrogens is 251 g/mol. The van der Waals surface area contributed by atoms with Crippen LogP contribution in [0.5, 0.6) is 0 Å². The number of likely N-dealkylation sites (tertiary alicyclic amines) is 1. The Hall–Kier alpha value is -1.03. The maximum Gasteiger partial charge on any atom is 0.390 e. The summed E-state index contributed by atoms with van der Waals surface area (Å²) in [7, 11) is 0. The number of nitrogens with zero attached hydrogens (tertiary/aromatic N) is 1. The second-order valence-corrected chi connectivity index (χ2v) is 5.26. The van der Waals surface area contributed by atoms with E-state index in [1.165, 1.54) is 0 Å². The van der Waals surface area contributed by atoms with Crippen LogP contribution < -0.4 is 0 Å². The van der Waals surface area contributed by atoms with Crippen LogP contribution in [0.4, 0.5) is 13.2 Å². The highest BCUT2D eigenvalue weighted by molar-refractivity contribution is 5.16. The van der Waals surface area contributed by atoms with Crippen LogP contribution in [0.25, 0.3) is 0 Å². The minimum Gasteiger partial charge on any atom is -0.300 e. The Bertz CT molecular complexity index is 369. The topological polar surface area (TPSA) is 3.24 Å². The van der Waals surface area contributed by atoms with Gasteiger partial charge in [-0.1, -0.05) is 36.8 Å². The molecule has 4 heteroatoms. The largest absolute Gasteiger partial charge is 0.390 e. The van der Waals surface area contributed by atoms with Crippen molar-refractivity contribution < 1.29 is 13.2 Å². The SMILES string of the molecule is FC(F)(F)CC(Cc1ccccc1)N1CCCCC1. The summed E-state index contributed by atoms with van der Waals surface area (Å²) in [5.74, 6) is 0. The summed E-state index contributed by atoms with van der Waals surface area (Å²) in [5, 5.41) is 0. The fraction of sp³-hybridized carbons (Fsp3) is 0.600. The van der Waals surface area contributed by atoms with Gasteiger partial charge in [-0.25, -0.2) is 0 Å². The molecule has 106 valence electrons. The van der Waals surface area contributed by atoms with E-state index in [1.54, 1.807) is 0 Å². The number of halogens is 3. The molecule has 1 aromatic rings. The molecule has 0 N–H and O–H groups in total. The summed E-state index contributed by atoms with van der Waals surface area (Å²) < 4.78 is 38.2. The predicted molar refractivity (Wildman–Crippen MR) is 70.0 cm³/mol. The van der Waals surface area contributed by atoms with Crippen LogP contribution >= 0.6 is 0 Å². The van der Waals surface area contributed by atoms with Gasteiger partial charge < -0.3 is 0 Å². The molecule has 1 saturated heterocycles. The van der Waals surface area contributed by atoms with Crippen molar-refractivity contribution in [3.63, 3.8) is 0 Å². The zero-order valence-electron chi connectivity index (χ0n) is 11.0. The Kier molecular flexibility index (Phi) is 4.86. The second-order valence-electron chi connectivity index (χ2n) is 5.26. The van der Waals surface area contributed by atoms with Crippen molar-refractivity contribution >= 4 is 0 Å². The molecule has 0 radical (unpaired) electrons. The van der Waals surface area contributed by atoms with Crippen LogP contribution in [0.3, 0.4) is 0 Å². The Morgan fingerprint density at radius 3 is 2.21 bits per heavy atom. The van der Waals surface area contributed by atoms with E-state index in [0.717, 1.165) is 37.9 Å². The average Bonchev–Trinajstić information content (AvgIpc) is 2.39. The first-order valence-corrected chi connectivity index (χ1v) is 6.89. The van der Waals surface area contributed by atoms with Gasteiger partial charge in [0, 0.05) is 6.04 Å². The Labute approximate surface area is 112 Å². The van der Waals surface area contributed by atoms with Gasteiger partial charge in [0.05, 0.1) is 6.42 Å². The van der Waals surface area contributed by atoms with Crippen LogP contribution in [0, 0.1) is 0 Å². The molecule has 19 heavy (non-hydrogen) atoms. The normalized spacial score (nSPS) is 19.3. The highest BCUT2D eigenvalue weighted by Crippen LogP contribution is 2.27. The molecule has 1 unspecified atom stereocenters. The summed E-state index contributed by atoms with van der Waals surface area (Å²) in [5.41, 5.74) is 0.988. The van der Waals surface area contributed by atoms with Gasteiger partial charge in [-0.3, -0.25) is 4.90 Å². The molecule has 0 spiro atoms. The fourth-order valence-corrected chi connectivity index (χ4v) is 2.77. The van der Waals surface area contributed by atoms with Crippen molar-refractivity contribution in [3.8, 4) is 0 Å². The van der Waals surface area contributed by atoms with Gasteiger partial charge in [-0.05, 0) is 37.9 Å². The lowest BCUT2D eigenvalue weighted by Gasteiger charge is -2.35. The van der Waals surface area contributed by atoms with E-state index in [9.17, 15) is 13.2 Å². The lowest BCUT2D eigenvalue weighted by Crippen LogP contribution is -2.43. The summed E-state index contributed by atoms with van der Waals surface area (Å²) in [6.07, 6.45) is -1.13. The maximum atomic E-state index is 12.7. The van der Waals surface area contributed by atoms with Gasteiger partial charge in [0.15, 0.2) is 0 Å². The van der Waals surface area contributed by atoms with Gasteiger partial charge >= 0.3 is 6.18 Å². The lowest BCUT2D eigenvalue weighted by molar-refractivity contribution is -0.148. The van der Waals surface area contributed by atoms with Crippen LogP contribution in [-0.4, -0.2) is 30.2 Å². The van der Waals surface area contributed by atoms with Crippen LogP contribution in [-0.2, 0) is 6.42 Å². The third-order valence-corrected chi connectivity index (χ3v) is 3.69. The van der Waals surface area contributed by atoms with Crippen molar-refractivity contribution in [1.82, 2.24) is 4.90 Å². The second kappa shape index (κ2) is 6.42. The molecule has 1 nitrogen and oxygen atoms in total. The summed E-state index contributed by atoms with van der Waals surface area (Å²) in [4.78, 5) is 2.02. The third-order valence-electron chi connectivity index (χ3n) is 3.69. The number of piperidine rings is 1. The van der Waals surface area contributed by atoms with Crippen molar-refractivity contribution in [1.29, 1.82) is 0 Å². The lowest BCUT2D eigenvalue weighted by atomic mass is 9.99. The highest BCUT2D eigenvalue weighted by Gasteiger charge is 2.34. The van der Waals surface area contributed by atoms with Crippen LogP contribution in [0.1, 0.15) is 31.2 Å². The predicted octanol–water partition coefficient (Wildman–Crippen LogP) is 4.04. The number of hydrogen-bond donors (Lipinski definition) is 0. The summed E-state index contributed by atoms with van der Waals surface area (Å²) in [6.45, 7) is 1.60. The number of benzene rings is 1. The molecular formula is C15H20F3N. The zero-order valence-corrected chi connectivity index (χ0v) is 11.0. The van der Waals surface area contributed by atoms with E-state index < -0.39 is 18.6 Å². The first-order chi connectivity index (χ1) is 9.04. The summed E-state index contributed by atoms with van der Waals surface area (Å²) >= 11 is 0. The van der Waals surface area contributed by atoms with Crippen molar-refractivity contribution in [2.24, 2.45) is 0 Å². The van der Waals surface area contributed by atoms with E-state index in [2.05, 4.69) is 0 Å². The van der Waals surface area contributed by atoms with Gasteiger partial charge in [-0.15, -0.1) is 0 Å². The van der Waals surface area contributed by atoms with Gasteiger partial charge in [0.25, 0.3) is 0 Å². The fourth-order valence-electron chi connectivity index (χ4n) is 2.77. The van der Waals surface area contributed by atoms with Gasteiger partial charge in [0.1, 0.15) is 0 Å². The first kappa shape index (κ1) is 14.4. The minimum atomic E-state index is -4.09. The molecule has 1 fully saturated rings. The molecule has 0 amide bonds. The average molecular weight is 271 g/mol. The molecule has 1 heterocycles. The van der Waals surface area contributed by atoms with Crippen molar-refractivity contribution in [3.05, 3.63) is 35.9 Å². The standard InChI is InChI=1S/C15H20F3N/c16-15(17,18)12-14(19-9-5-2-6-10-19)11-13-7-3-1-4-8-13/h1,3-4,7-8,14H,2,5-6,9-12H2. The van der Waals surface area contributed by atoms with Crippen molar-refractivity contribution in [2.75, 3.05) is 13.1 Å². The first-order valence-electron chi connectivity index (χ1n) is 6.89. The Morgan fingerprint density at radius 2 is 1.63 bits per heavy atom. The molecule has 0 bridgehead atoms. The van der Waals surface area contributed by atoms with Crippen LogP contribution in [0.2, 0.25) is 0 Å². The molecule has 0 saturated carbocycles. The van der Waals surface area contributed by atoms with Gasteiger partial charge in [0.2, 0.25) is 0 Å². The third kappa shape index (κ3) is 4.86. The number of hydrogen-bond acceptors (Lipinski definition) is 1. The minimum absolute atomic E-state index is 0.414. The van der Waals surface area contributed by atoms with E-state index in [0.29, 0.717) is 6.42 Å². The molecule has 1 aromatic carbocycles. The smallest absolute Gasteiger partial charge is 0.300 e. The monoisotopic (exact) mass is 271 g/mol. The zero-order chi connectivity index (χ0) is 13.7. The molecule has 1 atom stereocenters. The molecule has 1 aliphatic rings. The van der Waals surface area contributed by atoms with Crippen molar-refractivity contribution in [2.45, 2.75) is 44.3 Å². The van der Waals surface area contributed by atoms with E-state index in [4.69, 9.17) is 0 Å². The maximum absolute atomic E-state index is 12.7. The van der Waals surface area contributed by atoms with Gasteiger partial charge in [-0.2, -0.15) is 13.2 Å². The molecule has 1 aliphatic heterocycles. The molecule has 0 aliphatic carbocycles. The van der Waals surface area contributed by atoms with E-state index in [-0.39, 0.29) is 0 Å². The summed E-state index contributed by atoms with van der Waals surface area (Å²) in [6, 6.07) is 9.07. The highest BCUT2D eigenvalue weighted by atomic mass is 19.4. The van der Waals surface area contributed by atoms with Crippen LogP contribution in [0.15, 0.2) is 30.3 Å². The molecule has 2 rings (SSSR count). The Morgan fingerprint density at radius 1 is 1.00 bits per heavy atom.